The first-order chi connectivity index (χ1) is 6.44. The number of hydrogen-bond donors (Lipinski definition) is 0. The molecule has 1 rings (SSSR count). The molecular weight excluding hydrogens is 172 g/mol. The zero-order valence-electron chi connectivity index (χ0n) is 10.5. The summed E-state index contributed by atoms with van der Waals surface area (Å²) in [5, 5.41) is 0. The molecule has 0 aromatic rings. The van der Waals surface area contributed by atoms with Crippen LogP contribution < -0.4 is 0 Å². The van der Waals surface area contributed by atoms with Gasteiger partial charge in [-0.1, -0.05) is 20.8 Å². The molecule has 0 aliphatic carbocycles. The highest BCUT2D eigenvalue weighted by molar-refractivity contribution is 4.80. The lowest BCUT2D eigenvalue weighted by atomic mass is 9.89. The molecule has 14 heavy (non-hydrogen) atoms. The first-order valence-corrected chi connectivity index (χ1v) is 5.87. The van der Waals surface area contributed by atoms with Crippen LogP contribution in [0.1, 0.15) is 34.1 Å². The van der Waals surface area contributed by atoms with E-state index in [1.54, 1.807) is 0 Å². The monoisotopic (exact) mass is 198 g/mol. The van der Waals surface area contributed by atoms with E-state index in [-0.39, 0.29) is 0 Å². The third-order valence-electron chi connectivity index (χ3n) is 3.65. The van der Waals surface area contributed by atoms with Crippen molar-refractivity contribution in [2.24, 2.45) is 5.41 Å². The molecule has 0 spiro atoms. The summed E-state index contributed by atoms with van der Waals surface area (Å²) in [7, 11) is 2.23. The Hall–Kier alpha value is -0.0800. The number of hydrogen-bond acceptors (Lipinski definition) is 2. The summed E-state index contributed by atoms with van der Waals surface area (Å²) in [5.41, 5.74) is 0.482. The van der Waals surface area contributed by atoms with Crippen LogP contribution in [0.25, 0.3) is 0 Å². The lowest BCUT2D eigenvalue weighted by molar-refractivity contribution is 0.0737. The van der Waals surface area contributed by atoms with Gasteiger partial charge in [0, 0.05) is 32.2 Å². The molecule has 0 bridgehead atoms. The van der Waals surface area contributed by atoms with Crippen LogP contribution in [0.4, 0.5) is 0 Å². The third kappa shape index (κ3) is 3.25. The molecule has 1 fully saturated rings. The summed E-state index contributed by atoms with van der Waals surface area (Å²) in [5.74, 6) is 0. The minimum atomic E-state index is 0.482. The van der Waals surface area contributed by atoms with Crippen molar-refractivity contribution in [3.05, 3.63) is 0 Å². The van der Waals surface area contributed by atoms with Gasteiger partial charge in [-0.15, -0.1) is 0 Å². The zero-order valence-corrected chi connectivity index (χ0v) is 10.5. The smallest absolute Gasteiger partial charge is 0.0192 e. The summed E-state index contributed by atoms with van der Waals surface area (Å²) in [4.78, 5) is 5.07. The topological polar surface area (TPSA) is 6.48 Å². The van der Waals surface area contributed by atoms with Crippen LogP contribution in [0.5, 0.6) is 0 Å². The fraction of sp³-hybridized carbons (Fsp3) is 1.00. The van der Waals surface area contributed by atoms with Crippen molar-refractivity contribution < 1.29 is 0 Å². The maximum Gasteiger partial charge on any atom is 0.0192 e. The second-order valence-corrected chi connectivity index (χ2v) is 5.58. The van der Waals surface area contributed by atoms with Gasteiger partial charge in [0.05, 0.1) is 0 Å². The van der Waals surface area contributed by atoms with E-state index in [9.17, 15) is 0 Å². The van der Waals surface area contributed by atoms with E-state index in [2.05, 4.69) is 44.5 Å². The summed E-state index contributed by atoms with van der Waals surface area (Å²) >= 11 is 0. The molecule has 1 aliphatic rings. The average molecular weight is 198 g/mol. The normalized spacial score (nSPS) is 26.8. The molecule has 2 heteroatoms. The van der Waals surface area contributed by atoms with Crippen LogP contribution in [-0.2, 0) is 0 Å². The highest BCUT2D eigenvalue weighted by Crippen LogP contribution is 2.22. The van der Waals surface area contributed by atoms with Crippen molar-refractivity contribution >= 4 is 0 Å². The summed E-state index contributed by atoms with van der Waals surface area (Å²) < 4.78 is 0. The van der Waals surface area contributed by atoms with Crippen LogP contribution in [-0.4, -0.2) is 49.1 Å². The van der Waals surface area contributed by atoms with Gasteiger partial charge < -0.3 is 4.90 Å². The number of rotatable bonds is 3. The van der Waals surface area contributed by atoms with Crippen molar-refractivity contribution in [3.8, 4) is 0 Å². The van der Waals surface area contributed by atoms with Gasteiger partial charge in [0.15, 0.2) is 0 Å². The van der Waals surface area contributed by atoms with Crippen molar-refractivity contribution in [1.82, 2.24) is 9.80 Å². The van der Waals surface area contributed by atoms with Gasteiger partial charge in [-0.2, -0.15) is 0 Å². The molecule has 0 aromatic heterocycles. The standard InChI is InChI=1S/C12H26N2/c1-6-12(3,4)10-14-8-7-13(5)11(2)9-14/h11H,6-10H2,1-5H3. The Morgan fingerprint density at radius 2 is 1.93 bits per heavy atom. The molecule has 1 saturated heterocycles. The van der Waals surface area contributed by atoms with E-state index in [0.717, 1.165) is 6.04 Å². The van der Waals surface area contributed by atoms with Crippen molar-refractivity contribution in [1.29, 1.82) is 0 Å². The molecule has 0 amide bonds. The first-order valence-electron chi connectivity index (χ1n) is 5.87. The molecule has 0 N–H and O–H groups in total. The molecule has 2 nitrogen and oxygen atoms in total. The predicted octanol–water partition coefficient (Wildman–Crippen LogP) is 2.06. The van der Waals surface area contributed by atoms with Crippen molar-refractivity contribution in [3.63, 3.8) is 0 Å². The van der Waals surface area contributed by atoms with Crippen LogP contribution in [0.3, 0.4) is 0 Å². The molecule has 1 atom stereocenters. The fourth-order valence-electron chi connectivity index (χ4n) is 1.98. The van der Waals surface area contributed by atoms with E-state index in [1.165, 1.54) is 32.6 Å². The SMILES string of the molecule is CCC(C)(C)CN1CCN(C)C(C)C1. The van der Waals surface area contributed by atoms with E-state index >= 15 is 0 Å². The van der Waals surface area contributed by atoms with Gasteiger partial charge in [0.1, 0.15) is 0 Å². The van der Waals surface area contributed by atoms with E-state index in [0.29, 0.717) is 5.41 Å². The van der Waals surface area contributed by atoms with Crippen LogP contribution in [0, 0.1) is 5.41 Å². The number of piperazine rings is 1. The lowest BCUT2D eigenvalue weighted by Crippen LogP contribution is -2.52. The Bertz CT molecular complexity index is 177. The summed E-state index contributed by atoms with van der Waals surface area (Å²) in [6.07, 6.45) is 1.27. The van der Waals surface area contributed by atoms with Gasteiger partial charge in [0.2, 0.25) is 0 Å². The molecule has 84 valence electrons. The Morgan fingerprint density at radius 1 is 1.29 bits per heavy atom. The van der Waals surface area contributed by atoms with Gasteiger partial charge in [-0.3, -0.25) is 4.90 Å². The molecule has 1 aliphatic heterocycles. The highest BCUT2D eigenvalue weighted by Gasteiger charge is 2.25. The summed E-state index contributed by atoms with van der Waals surface area (Å²) in [6.45, 7) is 14.3. The Kier molecular flexibility index (Phi) is 3.96. The van der Waals surface area contributed by atoms with Crippen molar-refractivity contribution in [2.75, 3.05) is 33.2 Å². The van der Waals surface area contributed by atoms with E-state index in [4.69, 9.17) is 0 Å². The molecule has 0 aromatic carbocycles. The second-order valence-electron chi connectivity index (χ2n) is 5.58. The van der Waals surface area contributed by atoms with Gasteiger partial charge in [-0.05, 0) is 25.8 Å². The minimum absolute atomic E-state index is 0.482. The molecular formula is C12H26N2. The fourth-order valence-corrected chi connectivity index (χ4v) is 1.98. The number of nitrogens with zero attached hydrogens (tertiary/aromatic N) is 2. The maximum atomic E-state index is 2.62. The molecule has 1 unspecified atom stereocenters. The quantitative estimate of drug-likeness (QED) is 0.685. The van der Waals surface area contributed by atoms with Gasteiger partial charge in [0.25, 0.3) is 0 Å². The van der Waals surface area contributed by atoms with Crippen LogP contribution >= 0.6 is 0 Å². The van der Waals surface area contributed by atoms with Gasteiger partial charge >= 0.3 is 0 Å². The second kappa shape index (κ2) is 4.63. The van der Waals surface area contributed by atoms with Crippen molar-refractivity contribution in [2.45, 2.75) is 40.2 Å². The van der Waals surface area contributed by atoms with E-state index in [1.807, 2.05) is 0 Å². The number of likely N-dealkylation sites (N-methyl/N-ethyl adjacent to an activating group) is 1. The van der Waals surface area contributed by atoms with E-state index < -0.39 is 0 Å². The Balaban J connectivity index is 2.40. The maximum absolute atomic E-state index is 2.62. The average Bonchev–Trinajstić information content (AvgIpc) is 2.11. The Morgan fingerprint density at radius 3 is 2.43 bits per heavy atom. The lowest BCUT2D eigenvalue weighted by Gasteiger charge is -2.41. The first kappa shape index (κ1) is 12.0. The van der Waals surface area contributed by atoms with Crippen LogP contribution in [0.2, 0.25) is 0 Å². The van der Waals surface area contributed by atoms with Gasteiger partial charge in [-0.25, -0.2) is 0 Å². The summed E-state index contributed by atoms with van der Waals surface area (Å²) in [6, 6.07) is 0.719. The molecule has 1 heterocycles. The predicted molar refractivity (Wildman–Crippen MR) is 62.6 cm³/mol. The molecule has 0 saturated carbocycles. The zero-order chi connectivity index (χ0) is 10.8. The Labute approximate surface area is 89.3 Å². The molecule has 0 radical (unpaired) electrons. The highest BCUT2D eigenvalue weighted by atomic mass is 15.3. The largest absolute Gasteiger partial charge is 0.301 e. The minimum Gasteiger partial charge on any atom is -0.301 e. The van der Waals surface area contributed by atoms with Crippen LogP contribution in [0.15, 0.2) is 0 Å². The third-order valence-corrected chi connectivity index (χ3v) is 3.65.